The third-order valence-electron chi connectivity index (χ3n) is 4.36. The van der Waals surface area contributed by atoms with Crippen LogP contribution in [0.4, 0.5) is 0 Å². The topological polar surface area (TPSA) is 46.3 Å². The summed E-state index contributed by atoms with van der Waals surface area (Å²) >= 11 is 7.15. The van der Waals surface area contributed by atoms with Gasteiger partial charge < -0.3 is 10.6 Å². The van der Waals surface area contributed by atoms with E-state index >= 15 is 0 Å². The molecule has 0 aromatic carbocycles. The van der Waals surface area contributed by atoms with Gasteiger partial charge in [0, 0.05) is 18.8 Å². The minimum atomic E-state index is -0.546. The number of carbonyl (C=O) groups excluding carboxylic acids is 1. The molecular weight excluding hydrogens is 264 g/mol. The Balaban J connectivity index is 2.14. The van der Waals surface area contributed by atoms with Crippen molar-refractivity contribution < 1.29 is 4.79 Å². The number of thiocarbonyl (C=S) groups is 1. The molecule has 5 heteroatoms. The third-order valence-corrected chi connectivity index (χ3v) is 5.90. The van der Waals surface area contributed by atoms with E-state index in [1.165, 1.54) is 6.42 Å². The molecule has 1 amide bonds. The van der Waals surface area contributed by atoms with Crippen LogP contribution in [0.3, 0.4) is 0 Å². The van der Waals surface area contributed by atoms with Crippen LogP contribution in [0, 0.1) is 5.41 Å². The molecule has 2 fully saturated rings. The summed E-state index contributed by atoms with van der Waals surface area (Å²) in [5, 5.41) is 0. The second kappa shape index (κ2) is 5.78. The number of hydrogen-bond donors (Lipinski definition) is 1. The van der Waals surface area contributed by atoms with Crippen LogP contribution >= 0.6 is 24.0 Å². The first-order chi connectivity index (χ1) is 8.58. The van der Waals surface area contributed by atoms with Crippen LogP contribution in [0.15, 0.2) is 0 Å². The van der Waals surface area contributed by atoms with Gasteiger partial charge in [-0.2, -0.15) is 11.8 Å². The standard InChI is InChI=1S/C13H22N2OS2/c1-15(10-5-8-18-9-10)12(16)13(11(14)17)6-3-2-4-7-13/h10H,2-9H2,1H3,(H2,14,17). The van der Waals surface area contributed by atoms with Crippen molar-refractivity contribution in [2.75, 3.05) is 18.6 Å². The Morgan fingerprint density at radius 1 is 1.39 bits per heavy atom. The van der Waals surface area contributed by atoms with Crippen molar-refractivity contribution in [3.05, 3.63) is 0 Å². The van der Waals surface area contributed by atoms with Gasteiger partial charge in [0.2, 0.25) is 5.91 Å². The predicted molar refractivity (Wildman–Crippen MR) is 80.8 cm³/mol. The normalized spacial score (nSPS) is 26.8. The molecule has 0 spiro atoms. The zero-order chi connectivity index (χ0) is 13.2. The van der Waals surface area contributed by atoms with Crippen LogP contribution in [0.2, 0.25) is 0 Å². The molecule has 0 radical (unpaired) electrons. The zero-order valence-electron chi connectivity index (χ0n) is 11.0. The molecule has 1 aliphatic heterocycles. The van der Waals surface area contributed by atoms with Gasteiger partial charge in [-0.15, -0.1) is 0 Å². The monoisotopic (exact) mass is 286 g/mol. The average Bonchev–Trinajstić information content (AvgIpc) is 2.91. The maximum Gasteiger partial charge on any atom is 0.235 e. The van der Waals surface area contributed by atoms with Crippen LogP contribution in [0.1, 0.15) is 38.5 Å². The summed E-state index contributed by atoms with van der Waals surface area (Å²) in [5.74, 6) is 2.38. The molecule has 2 rings (SSSR count). The molecule has 1 heterocycles. The Labute approximate surface area is 119 Å². The lowest BCUT2D eigenvalue weighted by Crippen LogP contribution is -2.53. The summed E-state index contributed by atoms with van der Waals surface area (Å²) in [4.78, 5) is 15.1. The molecule has 0 aromatic rings. The van der Waals surface area contributed by atoms with E-state index in [4.69, 9.17) is 18.0 Å². The first-order valence-electron chi connectivity index (χ1n) is 6.73. The summed E-state index contributed by atoms with van der Waals surface area (Å²) in [5.41, 5.74) is 5.37. The van der Waals surface area contributed by atoms with E-state index in [-0.39, 0.29) is 5.91 Å². The third kappa shape index (κ3) is 2.52. The highest BCUT2D eigenvalue weighted by atomic mass is 32.2. The summed E-state index contributed by atoms with van der Waals surface area (Å²) in [6.45, 7) is 0. The summed E-state index contributed by atoms with van der Waals surface area (Å²) in [6, 6.07) is 0.371. The first kappa shape index (κ1) is 14.1. The van der Waals surface area contributed by atoms with Crippen LogP contribution < -0.4 is 5.73 Å². The number of carbonyl (C=O) groups is 1. The highest BCUT2D eigenvalue weighted by molar-refractivity contribution is 7.99. The number of hydrogen-bond acceptors (Lipinski definition) is 3. The molecule has 2 N–H and O–H groups in total. The van der Waals surface area contributed by atoms with Crippen molar-refractivity contribution in [3.8, 4) is 0 Å². The fraction of sp³-hybridized carbons (Fsp3) is 0.846. The quantitative estimate of drug-likeness (QED) is 0.808. The number of nitrogens with two attached hydrogens (primary N) is 1. The van der Waals surface area contributed by atoms with E-state index in [0.717, 1.165) is 43.6 Å². The maximum absolute atomic E-state index is 12.8. The van der Waals surface area contributed by atoms with Gasteiger partial charge in [-0.25, -0.2) is 0 Å². The second-order valence-electron chi connectivity index (χ2n) is 5.44. The Morgan fingerprint density at radius 3 is 2.56 bits per heavy atom. The Bertz CT molecular complexity index is 334. The van der Waals surface area contributed by atoms with E-state index in [0.29, 0.717) is 11.0 Å². The minimum Gasteiger partial charge on any atom is -0.392 e. The zero-order valence-corrected chi connectivity index (χ0v) is 12.6. The molecular formula is C13H22N2OS2. The molecule has 0 aromatic heterocycles. The lowest BCUT2D eigenvalue weighted by atomic mass is 9.72. The van der Waals surface area contributed by atoms with Gasteiger partial charge in [0.15, 0.2) is 0 Å². The SMILES string of the molecule is CN(C(=O)C1(C(N)=S)CCCCC1)C1CCSC1. The molecule has 0 bridgehead atoms. The number of thioether (sulfide) groups is 1. The van der Waals surface area contributed by atoms with Crippen LogP contribution in [-0.2, 0) is 4.79 Å². The van der Waals surface area contributed by atoms with Gasteiger partial charge in [-0.1, -0.05) is 31.5 Å². The lowest BCUT2D eigenvalue weighted by molar-refractivity contribution is -0.140. The van der Waals surface area contributed by atoms with Gasteiger partial charge in [-0.05, 0) is 25.0 Å². The molecule has 18 heavy (non-hydrogen) atoms. The Morgan fingerprint density at radius 2 is 2.06 bits per heavy atom. The molecule has 1 saturated heterocycles. The summed E-state index contributed by atoms with van der Waals surface area (Å²) < 4.78 is 0. The first-order valence-corrected chi connectivity index (χ1v) is 8.29. The van der Waals surface area contributed by atoms with Crippen LogP contribution in [0.5, 0.6) is 0 Å². The number of amides is 1. The fourth-order valence-corrected chi connectivity index (χ4v) is 4.61. The van der Waals surface area contributed by atoms with Gasteiger partial charge >= 0.3 is 0 Å². The van der Waals surface area contributed by atoms with Gasteiger partial charge in [0.1, 0.15) is 0 Å². The van der Waals surface area contributed by atoms with Crippen molar-refractivity contribution in [2.45, 2.75) is 44.6 Å². The van der Waals surface area contributed by atoms with Crippen molar-refractivity contribution in [2.24, 2.45) is 11.1 Å². The average molecular weight is 286 g/mol. The van der Waals surface area contributed by atoms with Crippen LogP contribution in [0.25, 0.3) is 0 Å². The Kier molecular flexibility index (Phi) is 4.54. The van der Waals surface area contributed by atoms with E-state index < -0.39 is 5.41 Å². The molecule has 1 unspecified atom stereocenters. The smallest absolute Gasteiger partial charge is 0.235 e. The van der Waals surface area contributed by atoms with E-state index in [1.807, 2.05) is 23.7 Å². The highest BCUT2D eigenvalue weighted by Crippen LogP contribution is 2.39. The lowest BCUT2D eigenvalue weighted by Gasteiger charge is -2.39. The Hall–Kier alpha value is -0.290. The summed E-state index contributed by atoms with van der Waals surface area (Å²) in [6.07, 6.45) is 6.10. The molecule has 1 atom stereocenters. The van der Waals surface area contributed by atoms with Crippen molar-refractivity contribution in [1.29, 1.82) is 0 Å². The molecule has 3 nitrogen and oxygen atoms in total. The van der Waals surface area contributed by atoms with E-state index in [1.54, 1.807) is 0 Å². The molecule has 1 aliphatic carbocycles. The fourth-order valence-electron chi connectivity index (χ4n) is 3.05. The second-order valence-corrected chi connectivity index (χ2v) is 7.03. The highest BCUT2D eigenvalue weighted by Gasteiger charge is 2.45. The van der Waals surface area contributed by atoms with Crippen molar-refractivity contribution >= 4 is 34.9 Å². The molecule has 102 valence electrons. The largest absolute Gasteiger partial charge is 0.392 e. The summed E-state index contributed by atoms with van der Waals surface area (Å²) in [7, 11) is 1.92. The van der Waals surface area contributed by atoms with Gasteiger partial charge in [-0.3, -0.25) is 4.79 Å². The van der Waals surface area contributed by atoms with Gasteiger partial charge in [0.05, 0.1) is 10.4 Å². The molecule has 2 aliphatic rings. The predicted octanol–water partition coefficient (Wildman–Crippen LogP) is 2.19. The van der Waals surface area contributed by atoms with Crippen molar-refractivity contribution in [3.63, 3.8) is 0 Å². The number of nitrogens with zero attached hydrogens (tertiary/aromatic N) is 1. The van der Waals surface area contributed by atoms with E-state index in [9.17, 15) is 4.79 Å². The van der Waals surface area contributed by atoms with Gasteiger partial charge in [0.25, 0.3) is 0 Å². The maximum atomic E-state index is 12.8. The van der Waals surface area contributed by atoms with Crippen LogP contribution in [-0.4, -0.2) is 40.4 Å². The van der Waals surface area contributed by atoms with E-state index in [2.05, 4.69) is 0 Å². The molecule has 1 saturated carbocycles. The minimum absolute atomic E-state index is 0.169. The van der Waals surface area contributed by atoms with Crippen molar-refractivity contribution in [1.82, 2.24) is 4.90 Å². The number of rotatable bonds is 3.